The lowest BCUT2D eigenvalue weighted by Crippen LogP contribution is -2.20. The molecular weight excluding hydrogens is 274 g/mol. The number of nitrogens with one attached hydrogen (secondary N) is 1. The third kappa shape index (κ3) is 3.91. The van der Waals surface area contributed by atoms with E-state index >= 15 is 0 Å². The molecule has 0 radical (unpaired) electrons. The molecule has 0 aliphatic carbocycles. The van der Waals surface area contributed by atoms with Crippen LogP contribution in [0.3, 0.4) is 0 Å². The van der Waals surface area contributed by atoms with Gasteiger partial charge in [-0.1, -0.05) is 11.2 Å². The predicted molar refractivity (Wildman–Crippen MR) is 71.3 cm³/mol. The molecule has 1 aromatic carbocycles. The Balaban J connectivity index is 1.87. The first-order valence-corrected chi connectivity index (χ1v) is 5.99. The van der Waals surface area contributed by atoms with Crippen LogP contribution in [0, 0.1) is 18.3 Å². The molecule has 1 N–H and O–H groups in total. The van der Waals surface area contributed by atoms with Crippen molar-refractivity contribution in [2.24, 2.45) is 0 Å². The van der Waals surface area contributed by atoms with Crippen molar-refractivity contribution in [3.63, 3.8) is 0 Å². The number of aryl methyl sites for hydroxylation is 1. The van der Waals surface area contributed by atoms with E-state index in [0.29, 0.717) is 16.9 Å². The lowest BCUT2D eigenvalue weighted by atomic mass is 10.2. The van der Waals surface area contributed by atoms with Gasteiger partial charge in [-0.05, 0) is 25.1 Å². The zero-order valence-electron chi connectivity index (χ0n) is 11.1. The minimum absolute atomic E-state index is 0.0632. The van der Waals surface area contributed by atoms with Gasteiger partial charge in [0.25, 0.3) is 5.91 Å². The number of hydrogen-bond donors (Lipinski definition) is 1. The molecule has 2 rings (SSSR count). The van der Waals surface area contributed by atoms with Crippen molar-refractivity contribution < 1.29 is 18.8 Å². The summed E-state index contributed by atoms with van der Waals surface area (Å²) in [6.07, 6.45) is 0. The van der Waals surface area contributed by atoms with Crippen LogP contribution < -0.4 is 5.32 Å². The second kappa shape index (κ2) is 6.34. The van der Waals surface area contributed by atoms with Gasteiger partial charge in [-0.2, -0.15) is 5.26 Å². The number of rotatable bonds is 4. The Morgan fingerprint density at radius 3 is 2.90 bits per heavy atom. The number of carbonyl (C=O) groups is 2. The van der Waals surface area contributed by atoms with Gasteiger partial charge in [-0.25, -0.2) is 4.79 Å². The van der Waals surface area contributed by atoms with Crippen LogP contribution in [-0.4, -0.2) is 23.6 Å². The Kier molecular flexibility index (Phi) is 4.31. The summed E-state index contributed by atoms with van der Waals surface area (Å²) in [5, 5.41) is 14.8. The molecule has 0 atom stereocenters. The summed E-state index contributed by atoms with van der Waals surface area (Å²) in [6.45, 7) is 1.20. The molecular formula is C14H11N3O4. The van der Waals surface area contributed by atoms with E-state index in [2.05, 4.69) is 10.5 Å². The number of nitriles is 1. The zero-order chi connectivity index (χ0) is 15.2. The first kappa shape index (κ1) is 14.3. The smallest absolute Gasteiger partial charge is 0.377 e. The molecule has 21 heavy (non-hydrogen) atoms. The summed E-state index contributed by atoms with van der Waals surface area (Å²) in [7, 11) is 0. The summed E-state index contributed by atoms with van der Waals surface area (Å²) in [5.74, 6) is -1.35. The second-order valence-corrected chi connectivity index (χ2v) is 4.15. The quantitative estimate of drug-likeness (QED) is 0.856. The van der Waals surface area contributed by atoms with Crippen LogP contribution in [0.2, 0.25) is 0 Å². The van der Waals surface area contributed by atoms with Gasteiger partial charge < -0.3 is 14.6 Å². The van der Waals surface area contributed by atoms with Gasteiger partial charge in [0.2, 0.25) is 5.76 Å². The Hall–Kier alpha value is -3.14. The molecule has 1 heterocycles. The minimum Gasteiger partial charge on any atom is -0.450 e. The van der Waals surface area contributed by atoms with Crippen LogP contribution in [0.1, 0.15) is 21.8 Å². The maximum absolute atomic E-state index is 11.6. The van der Waals surface area contributed by atoms with Crippen molar-refractivity contribution in [3.05, 3.63) is 47.3 Å². The van der Waals surface area contributed by atoms with Crippen LogP contribution in [0.15, 0.2) is 34.9 Å². The molecule has 0 unspecified atom stereocenters. The molecule has 0 aliphatic heterocycles. The maximum Gasteiger partial charge on any atom is 0.377 e. The van der Waals surface area contributed by atoms with Crippen molar-refractivity contribution in [2.75, 3.05) is 11.9 Å². The summed E-state index contributed by atoms with van der Waals surface area (Å²) in [5.41, 5.74) is 1.41. The summed E-state index contributed by atoms with van der Waals surface area (Å²) in [6, 6.07) is 9.76. The maximum atomic E-state index is 11.6. The molecule has 2 aromatic rings. The Bertz CT molecular complexity index is 715. The lowest BCUT2D eigenvalue weighted by Gasteiger charge is -2.05. The van der Waals surface area contributed by atoms with E-state index in [4.69, 9.17) is 14.5 Å². The van der Waals surface area contributed by atoms with E-state index in [-0.39, 0.29) is 5.76 Å². The van der Waals surface area contributed by atoms with Crippen LogP contribution in [0.5, 0.6) is 0 Å². The molecule has 0 saturated carbocycles. The molecule has 1 amide bonds. The number of anilines is 1. The highest BCUT2D eigenvalue weighted by atomic mass is 16.6. The highest BCUT2D eigenvalue weighted by Gasteiger charge is 2.15. The highest BCUT2D eigenvalue weighted by molar-refractivity contribution is 5.94. The van der Waals surface area contributed by atoms with Gasteiger partial charge in [-0.3, -0.25) is 4.79 Å². The van der Waals surface area contributed by atoms with Crippen LogP contribution in [0.4, 0.5) is 5.69 Å². The Labute approximate surface area is 120 Å². The van der Waals surface area contributed by atoms with Gasteiger partial charge >= 0.3 is 5.97 Å². The molecule has 7 nitrogen and oxygen atoms in total. The average molecular weight is 285 g/mol. The molecule has 106 valence electrons. The minimum atomic E-state index is -0.767. The number of nitrogens with zero attached hydrogens (tertiary/aromatic N) is 2. The van der Waals surface area contributed by atoms with Crippen molar-refractivity contribution >= 4 is 17.6 Å². The monoisotopic (exact) mass is 285 g/mol. The fraction of sp³-hybridized carbons (Fsp3) is 0.143. The summed E-state index contributed by atoms with van der Waals surface area (Å²) in [4.78, 5) is 23.2. The largest absolute Gasteiger partial charge is 0.450 e. The molecule has 0 fully saturated rings. The topological polar surface area (TPSA) is 105 Å². The van der Waals surface area contributed by atoms with Crippen molar-refractivity contribution in [2.45, 2.75) is 6.92 Å². The molecule has 0 bridgehead atoms. The highest BCUT2D eigenvalue weighted by Crippen LogP contribution is 2.10. The number of benzene rings is 1. The van der Waals surface area contributed by atoms with Crippen molar-refractivity contribution in [1.29, 1.82) is 5.26 Å². The molecule has 0 saturated heterocycles. The normalized spacial score (nSPS) is 9.71. The molecule has 7 heteroatoms. The third-order valence-corrected chi connectivity index (χ3v) is 2.44. The van der Waals surface area contributed by atoms with Gasteiger partial charge in [-0.15, -0.1) is 0 Å². The number of hydrogen-bond acceptors (Lipinski definition) is 6. The first-order chi connectivity index (χ1) is 10.1. The fourth-order valence-corrected chi connectivity index (χ4v) is 1.53. The van der Waals surface area contributed by atoms with E-state index in [1.165, 1.54) is 12.1 Å². The molecule has 0 spiro atoms. The average Bonchev–Trinajstić information content (AvgIpc) is 2.91. The van der Waals surface area contributed by atoms with E-state index in [1.54, 1.807) is 25.1 Å². The van der Waals surface area contributed by atoms with E-state index in [9.17, 15) is 9.59 Å². The van der Waals surface area contributed by atoms with Crippen LogP contribution in [0.25, 0.3) is 0 Å². The lowest BCUT2D eigenvalue weighted by molar-refractivity contribution is -0.119. The second-order valence-electron chi connectivity index (χ2n) is 4.15. The number of ether oxygens (including phenoxy) is 1. The number of esters is 1. The molecule has 0 aliphatic rings. The Morgan fingerprint density at radius 2 is 2.24 bits per heavy atom. The van der Waals surface area contributed by atoms with Crippen molar-refractivity contribution in [1.82, 2.24) is 5.16 Å². The summed E-state index contributed by atoms with van der Waals surface area (Å²) < 4.78 is 9.50. The number of carbonyl (C=O) groups excluding carboxylic acids is 2. The number of aromatic nitrogens is 1. The standard InChI is InChI=1S/C14H11N3O4/c1-9-5-12(21-17-9)14(19)20-8-13(18)16-11-4-2-3-10(6-11)7-15/h2-6H,8H2,1H3,(H,16,18). The van der Waals surface area contributed by atoms with Crippen LogP contribution >= 0.6 is 0 Å². The van der Waals surface area contributed by atoms with E-state index in [0.717, 1.165) is 0 Å². The predicted octanol–water partition coefficient (Wildman–Crippen LogP) is 1.65. The summed E-state index contributed by atoms with van der Waals surface area (Å²) >= 11 is 0. The first-order valence-electron chi connectivity index (χ1n) is 5.99. The number of amides is 1. The zero-order valence-corrected chi connectivity index (χ0v) is 11.1. The van der Waals surface area contributed by atoms with E-state index in [1.807, 2.05) is 6.07 Å². The van der Waals surface area contributed by atoms with Gasteiger partial charge in [0, 0.05) is 11.8 Å². The van der Waals surface area contributed by atoms with Gasteiger partial charge in [0.1, 0.15) is 0 Å². The molecule has 1 aromatic heterocycles. The van der Waals surface area contributed by atoms with Crippen molar-refractivity contribution in [3.8, 4) is 6.07 Å². The van der Waals surface area contributed by atoms with Gasteiger partial charge in [0.05, 0.1) is 17.3 Å². The fourth-order valence-electron chi connectivity index (χ4n) is 1.53. The van der Waals surface area contributed by atoms with Crippen LogP contribution in [-0.2, 0) is 9.53 Å². The Morgan fingerprint density at radius 1 is 1.43 bits per heavy atom. The van der Waals surface area contributed by atoms with E-state index < -0.39 is 18.5 Å². The SMILES string of the molecule is Cc1cc(C(=O)OCC(=O)Nc2cccc(C#N)c2)on1. The van der Waals surface area contributed by atoms with Gasteiger partial charge in [0.15, 0.2) is 6.61 Å². The third-order valence-electron chi connectivity index (χ3n) is 2.44.